The van der Waals surface area contributed by atoms with E-state index in [1.807, 2.05) is 48.5 Å². The van der Waals surface area contributed by atoms with Crippen LogP contribution in [0.1, 0.15) is 17.5 Å². The van der Waals surface area contributed by atoms with E-state index in [9.17, 15) is 4.39 Å². The molecule has 6 heteroatoms. The number of hydrogen-bond acceptors (Lipinski definition) is 4. The Bertz CT molecular complexity index is 1030. The first-order valence-corrected chi connectivity index (χ1v) is 8.73. The Balaban J connectivity index is 1.71. The van der Waals surface area contributed by atoms with Gasteiger partial charge in [-0.25, -0.2) is 4.39 Å². The summed E-state index contributed by atoms with van der Waals surface area (Å²) in [5.41, 5.74) is 2.42. The Morgan fingerprint density at radius 2 is 1.67 bits per heavy atom. The fraction of sp³-hybridized carbons (Fsp3) is 0.0476. The summed E-state index contributed by atoms with van der Waals surface area (Å²) in [6.45, 7) is 0. The van der Waals surface area contributed by atoms with Gasteiger partial charge < -0.3 is 9.73 Å². The van der Waals surface area contributed by atoms with Gasteiger partial charge in [-0.1, -0.05) is 41.9 Å². The molecule has 3 aromatic carbocycles. The second-order valence-corrected chi connectivity index (χ2v) is 6.39. The molecule has 0 saturated heterocycles. The number of nitrogens with zero attached hydrogens (tertiary/aromatic N) is 2. The number of aromatic nitrogens is 2. The van der Waals surface area contributed by atoms with Gasteiger partial charge in [0.2, 0.25) is 11.8 Å². The second kappa shape index (κ2) is 7.60. The third kappa shape index (κ3) is 3.99. The van der Waals surface area contributed by atoms with Crippen molar-refractivity contribution < 1.29 is 8.81 Å². The maximum atomic E-state index is 13.2. The van der Waals surface area contributed by atoms with Crippen molar-refractivity contribution >= 4 is 17.3 Å². The van der Waals surface area contributed by atoms with Crippen LogP contribution in [0.25, 0.3) is 11.5 Å². The molecule has 27 heavy (non-hydrogen) atoms. The van der Waals surface area contributed by atoms with Crippen molar-refractivity contribution in [2.75, 3.05) is 5.32 Å². The van der Waals surface area contributed by atoms with E-state index in [1.54, 1.807) is 18.2 Å². The van der Waals surface area contributed by atoms with E-state index in [1.165, 1.54) is 12.1 Å². The van der Waals surface area contributed by atoms with Crippen LogP contribution in [0, 0.1) is 5.82 Å². The van der Waals surface area contributed by atoms with Gasteiger partial charge >= 0.3 is 0 Å². The third-order valence-corrected chi connectivity index (χ3v) is 4.28. The van der Waals surface area contributed by atoms with Crippen LogP contribution in [0.15, 0.2) is 83.3 Å². The molecule has 0 amide bonds. The molecule has 1 aromatic heterocycles. The van der Waals surface area contributed by atoms with E-state index >= 15 is 0 Å². The average Bonchev–Trinajstić information content (AvgIpc) is 3.18. The molecule has 0 aliphatic heterocycles. The number of benzene rings is 3. The third-order valence-electron chi connectivity index (χ3n) is 4.05. The molecule has 0 radical (unpaired) electrons. The lowest BCUT2D eigenvalue weighted by Crippen LogP contribution is -2.13. The predicted molar refractivity (Wildman–Crippen MR) is 103 cm³/mol. The van der Waals surface area contributed by atoms with Gasteiger partial charge in [-0.2, -0.15) is 0 Å². The fourth-order valence-electron chi connectivity index (χ4n) is 2.74. The first-order valence-electron chi connectivity index (χ1n) is 8.35. The number of anilines is 1. The molecule has 134 valence electrons. The van der Waals surface area contributed by atoms with Gasteiger partial charge in [0.1, 0.15) is 11.9 Å². The minimum Gasteiger partial charge on any atom is -0.418 e. The first-order chi connectivity index (χ1) is 13.2. The molecular formula is C21H15ClFN3O. The first kappa shape index (κ1) is 17.2. The predicted octanol–water partition coefficient (Wildman–Crippen LogP) is 5.73. The van der Waals surface area contributed by atoms with Crippen LogP contribution in [-0.4, -0.2) is 10.2 Å². The highest BCUT2D eigenvalue weighted by Gasteiger charge is 2.22. The fourth-order valence-corrected chi connectivity index (χ4v) is 2.93. The molecule has 0 spiro atoms. The van der Waals surface area contributed by atoms with Crippen molar-refractivity contribution in [3.05, 3.63) is 101 Å². The molecule has 1 heterocycles. The summed E-state index contributed by atoms with van der Waals surface area (Å²) in [4.78, 5) is 0. The number of rotatable bonds is 5. The summed E-state index contributed by atoms with van der Waals surface area (Å²) < 4.78 is 19.1. The van der Waals surface area contributed by atoms with Crippen molar-refractivity contribution in [2.24, 2.45) is 0 Å². The lowest BCUT2D eigenvalue weighted by Gasteiger charge is -2.17. The van der Waals surface area contributed by atoms with E-state index in [0.717, 1.165) is 16.8 Å². The van der Waals surface area contributed by atoms with Crippen LogP contribution < -0.4 is 5.32 Å². The van der Waals surface area contributed by atoms with E-state index in [4.69, 9.17) is 16.0 Å². The maximum absolute atomic E-state index is 13.2. The van der Waals surface area contributed by atoms with E-state index in [0.29, 0.717) is 16.8 Å². The average molecular weight is 380 g/mol. The molecule has 0 fully saturated rings. The van der Waals surface area contributed by atoms with Gasteiger partial charge in [0.15, 0.2) is 0 Å². The highest BCUT2D eigenvalue weighted by Crippen LogP contribution is 2.29. The Hall–Kier alpha value is -3.18. The maximum Gasteiger partial charge on any atom is 0.247 e. The Morgan fingerprint density at radius 3 is 2.41 bits per heavy atom. The minimum atomic E-state index is -0.431. The van der Waals surface area contributed by atoms with Crippen LogP contribution >= 0.6 is 11.6 Å². The van der Waals surface area contributed by atoms with Crippen LogP contribution in [-0.2, 0) is 0 Å². The minimum absolute atomic E-state index is 0.302. The van der Waals surface area contributed by atoms with Crippen LogP contribution in [0.5, 0.6) is 0 Å². The van der Waals surface area contributed by atoms with Gasteiger partial charge in [-0.05, 0) is 54.1 Å². The summed E-state index contributed by atoms with van der Waals surface area (Å²) in [5.74, 6) is 0.517. The van der Waals surface area contributed by atoms with Gasteiger partial charge in [-0.15, -0.1) is 10.2 Å². The molecule has 4 rings (SSSR count). The summed E-state index contributed by atoms with van der Waals surface area (Å²) in [5, 5.41) is 12.3. The summed E-state index contributed by atoms with van der Waals surface area (Å²) in [6.07, 6.45) is 0. The lowest BCUT2D eigenvalue weighted by atomic mass is 10.1. The van der Waals surface area contributed by atoms with Gasteiger partial charge in [0.25, 0.3) is 0 Å². The van der Waals surface area contributed by atoms with Crippen LogP contribution in [0.2, 0.25) is 5.02 Å². The summed E-state index contributed by atoms with van der Waals surface area (Å²) in [6, 6.07) is 22.6. The molecule has 0 aliphatic rings. The van der Waals surface area contributed by atoms with Crippen LogP contribution in [0.3, 0.4) is 0 Å². The van der Waals surface area contributed by atoms with E-state index in [-0.39, 0.29) is 5.82 Å². The van der Waals surface area contributed by atoms with Crippen molar-refractivity contribution in [1.29, 1.82) is 0 Å². The Labute approximate surface area is 160 Å². The van der Waals surface area contributed by atoms with Gasteiger partial charge in [-0.3, -0.25) is 0 Å². The molecule has 0 bridgehead atoms. The van der Waals surface area contributed by atoms with E-state index in [2.05, 4.69) is 15.5 Å². The van der Waals surface area contributed by atoms with Gasteiger partial charge in [0.05, 0.1) is 0 Å². The number of halogens is 2. The normalized spacial score (nSPS) is 11.9. The Morgan fingerprint density at radius 1 is 0.889 bits per heavy atom. The smallest absolute Gasteiger partial charge is 0.247 e. The zero-order valence-electron chi connectivity index (χ0n) is 14.1. The lowest BCUT2D eigenvalue weighted by molar-refractivity contribution is 0.494. The van der Waals surface area contributed by atoms with Crippen LogP contribution in [0.4, 0.5) is 10.1 Å². The molecule has 0 aliphatic carbocycles. The van der Waals surface area contributed by atoms with E-state index < -0.39 is 6.04 Å². The zero-order valence-corrected chi connectivity index (χ0v) is 14.9. The zero-order chi connectivity index (χ0) is 18.6. The molecule has 4 aromatic rings. The SMILES string of the molecule is Fc1ccc(N[C@@H](c2cccc(Cl)c2)c2nnc(-c3ccccc3)o2)cc1. The molecule has 4 nitrogen and oxygen atoms in total. The molecular weight excluding hydrogens is 365 g/mol. The molecule has 0 saturated carbocycles. The van der Waals surface area contributed by atoms with Gasteiger partial charge in [0, 0.05) is 16.3 Å². The second-order valence-electron chi connectivity index (χ2n) is 5.95. The van der Waals surface area contributed by atoms with Crippen molar-refractivity contribution in [1.82, 2.24) is 10.2 Å². The number of nitrogens with one attached hydrogen (secondary N) is 1. The largest absolute Gasteiger partial charge is 0.418 e. The summed E-state index contributed by atoms with van der Waals surface area (Å²) >= 11 is 6.16. The quantitative estimate of drug-likeness (QED) is 0.481. The molecule has 1 atom stereocenters. The number of hydrogen-bond donors (Lipinski definition) is 1. The summed E-state index contributed by atoms with van der Waals surface area (Å²) in [7, 11) is 0. The highest BCUT2D eigenvalue weighted by atomic mass is 35.5. The van der Waals surface area contributed by atoms with Crippen molar-refractivity contribution in [2.45, 2.75) is 6.04 Å². The monoisotopic (exact) mass is 379 g/mol. The Kier molecular flexibility index (Phi) is 4.85. The highest BCUT2D eigenvalue weighted by molar-refractivity contribution is 6.30. The van der Waals surface area contributed by atoms with Crippen molar-refractivity contribution in [3.8, 4) is 11.5 Å². The topological polar surface area (TPSA) is 51.0 Å². The molecule has 0 unspecified atom stereocenters. The van der Waals surface area contributed by atoms with Crippen molar-refractivity contribution in [3.63, 3.8) is 0 Å². The standard InChI is InChI=1S/C21H15ClFN3O/c22-16-8-4-7-15(13-16)19(24-18-11-9-17(23)10-12-18)21-26-25-20(27-21)14-5-2-1-3-6-14/h1-13,19,24H/t19-/m0/s1. The molecule has 1 N–H and O–H groups in total.